The van der Waals surface area contributed by atoms with E-state index in [1.165, 1.54) is 19.8 Å². The van der Waals surface area contributed by atoms with Gasteiger partial charge in [0.05, 0.1) is 12.8 Å². The molecule has 5 heteroatoms. The lowest BCUT2D eigenvalue weighted by molar-refractivity contribution is 0.413. The highest BCUT2D eigenvalue weighted by Crippen LogP contribution is 2.23. The number of hydrogen-bond donors (Lipinski definition) is 0. The van der Waals surface area contributed by atoms with Crippen molar-refractivity contribution < 1.29 is 4.74 Å². The van der Waals surface area contributed by atoms with Crippen molar-refractivity contribution in [2.75, 3.05) is 7.11 Å². The Balaban J connectivity index is 2.63. The molecule has 0 bridgehead atoms. The third kappa shape index (κ3) is 1.53. The van der Waals surface area contributed by atoms with Gasteiger partial charge in [-0.05, 0) is 12.1 Å². The number of ether oxygens (including phenoxy) is 1. The van der Waals surface area contributed by atoms with Crippen molar-refractivity contribution in [1.29, 1.82) is 5.26 Å². The maximum absolute atomic E-state index is 9.05. The lowest BCUT2D eigenvalue weighted by atomic mass is 10.1. The van der Waals surface area contributed by atoms with E-state index in [0.717, 1.165) is 0 Å². The van der Waals surface area contributed by atoms with Gasteiger partial charge in [-0.3, -0.25) is 4.57 Å². The van der Waals surface area contributed by atoms with Gasteiger partial charge in [0.25, 0.3) is 0 Å². The van der Waals surface area contributed by atoms with Gasteiger partial charge >= 0.3 is 0 Å². The zero-order chi connectivity index (χ0) is 10.7. The highest BCUT2D eigenvalue weighted by atomic mass is 16.5. The second kappa shape index (κ2) is 3.80. The summed E-state index contributed by atoms with van der Waals surface area (Å²) < 4.78 is 6.77. The van der Waals surface area contributed by atoms with Gasteiger partial charge in [-0.1, -0.05) is 6.07 Å². The van der Waals surface area contributed by atoms with Crippen molar-refractivity contribution in [3.63, 3.8) is 0 Å². The van der Waals surface area contributed by atoms with Gasteiger partial charge in [-0.25, -0.2) is 0 Å². The summed E-state index contributed by atoms with van der Waals surface area (Å²) in [6.45, 7) is 0. The molecule has 0 amide bonds. The van der Waals surface area contributed by atoms with Crippen LogP contribution >= 0.6 is 0 Å². The fourth-order valence-electron chi connectivity index (χ4n) is 1.34. The molecule has 1 aromatic heterocycles. The molecule has 0 saturated heterocycles. The van der Waals surface area contributed by atoms with Crippen molar-refractivity contribution in [3.8, 4) is 17.5 Å². The monoisotopic (exact) mass is 200 g/mol. The molecule has 2 rings (SSSR count). The molecule has 0 saturated carbocycles. The number of rotatable bonds is 2. The Labute approximate surface area is 86.6 Å². The van der Waals surface area contributed by atoms with Crippen LogP contribution in [0, 0.1) is 11.3 Å². The molecule has 0 unspecified atom stereocenters. The smallest absolute Gasteiger partial charge is 0.138 e. The Hall–Kier alpha value is -2.35. The van der Waals surface area contributed by atoms with Crippen molar-refractivity contribution in [1.82, 2.24) is 14.8 Å². The molecule has 0 aliphatic rings. The molecule has 5 nitrogen and oxygen atoms in total. The van der Waals surface area contributed by atoms with Crippen LogP contribution in [0.2, 0.25) is 0 Å². The molecule has 0 atom stereocenters. The number of hydrogen-bond acceptors (Lipinski definition) is 4. The van der Waals surface area contributed by atoms with Gasteiger partial charge in [0.1, 0.15) is 30.0 Å². The van der Waals surface area contributed by atoms with E-state index in [-0.39, 0.29) is 0 Å². The van der Waals surface area contributed by atoms with Gasteiger partial charge in [0.15, 0.2) is 0 Å². The van der Waals surface area contributed by atoms with Crippen LogP contribution in [0.1, 0.15) is 5.56 Å². The molecule has 74 valence electrons. The fourth-order valence-corrected chi connectivity index (χ4v) is 1.34. The number of methoxy groups -OCH3 is 1. The molecule has 0 radical (unpaired) electrons. The molecule has 0 aliphatic heterocycles. The first-order valence-corrected chi connectivity index (χ1v) is 4.29. The molecule has 0 spiro atoms. The topological polar surface area (TPSA) is 63.7 Å². The second-order valence-corrected chi connectivity index (χ2v) is 2.84. The molecule has 1 aromatic carbocycles. The first-order chi connectivity index (χ1) is 7.36. The van der Waals surface area contributed by atoms with Gasteiger partial charge < -0.3 is 4.74 Å². The van der Waals surface area contributed by atoms with Crippen molar-refractivity contribution in [2.24, 2.45) is 0 Å². The summed E-state index contributed by atoms with van der Waals surface area (Å²) in [5, 5.41) is 16.4. The summed E-state index contributed by atoms with van der Waals surface area (Å²) >= 11 is 0. The number of benzene rings is 1. The van der Waals surface area contributed by atoms with Gasteiger partial charge in [0, 0.05) is 0 Å². The van der Waals surface area contributed by atoms with E-state index < -0.39 is 0 Å². The molecule has 2 aromatic rings. The SMILES string of the molecule is COc1cccc(-n2cnnc2)c1C#N. The number of nitriles is 1. The quantitative estimate of drug-likeness (QED) is 0.729. The van der Waals surface area contributed by atoms with Crippen LogP contribution in [0.25, 0.3) is 5.69 Å². The Kier molecular flexibility index (Phi) is 2.33. The molecule has 1 heterocycles. The molecule has 0 aliphatic carbocycles. The zero-order valence-corrected chi connectivity index (χ0v) is 8.08. The van der Waals surface area contributed by atoms with E-state index >= 15 is 0 Å². The largest absolute Gasteiger partial charge is 0.495 e. The maximum Gasteiger partial charge on any atom is 0.138 e. The van der Waals surface area contributed by atoms with E-state index in [2.05, 4.69) is 16.3 Å². The van der Waals surface area contributed by atoms with Gasteiger partial charge in [-0.2, -0.15) is 5.26 Å². The van der Waals surface area contributed by atoms with Gasteiger partial charge in [-0.15, -0.1) is 10.2 Å². The molecule has 0 N–H and O–H groups in total. The van der Waals surface area contributed by atoms with Crippen LogP contribution in [0.5, 0.6) is 5.75 Å². The van der Waals surface area contributed by atoms with Crippen LogP contribution in [0.3, 0.4) is 0 Å². The molecular formula is C10H8N4O. The van der Waals surface area contributed by atoms with Crippen LogP contribution in [0.15, 0.2) is 30.9 Å². The number of aromatic nitrogens is 3. The van der Waals surface area contributed by atoms with E-state index in [0.29, 0.717) is 17.0 Å². The minimum atomic E-state index is 0.472. The Bertz CT molecular complexity index is 499. The summed E-state index contributed by atoms with van der Waals surface area (Å²) in [6, 6.07) is 7.47. The third-order valence-electron chi connectivity index (χ3n) is 2.03. The fraction of sp³-hybridized carbons (Fsp3) is 0.100. The highest BCUT2D eigenvalue weighted by molar-refractivity contribution is 5.56. The minimum Gasteiger partial charge on any atom is -0.495 e. The predicted octanol–water partition coefficient (Wildman–Crippen LogP) is 1.15. The van der Waals surface area contributed by atoms with E-state index in [1.807, 2.05) is 12.1 Å². The maximum atomic E-state index is 9.05. The predicted molar refractivity (Wildman–Crippen MR) is 52.6 cm³/mol. The standard InChI is InChI=1S/C10H8N4O/c1-15-10-4-2-3-9(8(10)5-11)14-6-12-13-7-14/h2-4,6-7H,1H3. The third-order valence-corrected chi connectivity index (χ3v) is 2.03. The molecule has 15 heavy (non-hydrogen) atoms. The van der Waals surface area contributed by atoms with Crippen LogP contribution in [-0.4, -0.2) is 21.9 Å². The second-order valence-electron chi connectivity index (χ2n) is 2.84. The average Bonchev–Trinajstić information content (AvgIpc) is 2.81. The minimum absolute atomic E-state index is 0.472. The lowest BCUT2D eigenvalue weighted by Crippen LogP contribution is -1.97. The summed E-state index contributed by atoms with van der Waals surface area (Å²) in [6.07, 6.45) is 3.07. The van der Waals surface area contributed by atoms with E-state index in [4.69, 9.17) is 10.00 Å². The van der Waals surface area contributed by atoms with Crippen LogP contribution < -0.4 is 4.74 Å². The highest BCUT2D eigenvalue weighted by Gasteiger charge is 2.09. The molecular weight excluding hydrogens is 192 g/mol. The normalized spacial score (nSPS) is 9.60. The van der Waals surface area contributed by atoms with E-state index in [1.54, 1.807) is 10.6 Å². The van der Waals surface area contributed by atoms with Crippen LogP contribution in [0.4, 0.5) is 0 Å². The zero-order valence-electron chi connectivity index (χ0n) is 8.08. The van der Waals surface area contributed by atoms with Crippen molar-refractivity contribution in [2.45, 2.75) is 0 Å². The summed E-state index contributed by atoms with van der Waals surface area (Å²) in [5.74, 6) is 0.545. The van der Waals surface area contributed by atoms with Crippen LogP contribution in [-0.2, 0) is 0 Å². The molecule has 0 fully saturated rings. The summed E-state index contributed by atoms with van der Waals surface area (Å²) in [7, 11) is 1.53. The first-order valence-electron chi connectivity index (χ1n) is 4.29. The first kappa shape index (κ1) is 9.21. The Morgan fingerprint density at radius 3 is 2.67 bits per heavy atom. The van der Waals surface area contributed by atoms with Gasteiger partial charge in [0.2, 0.25) is 0 Å². The lowest BCUT2D eigenvalue weighted by Gasteiger charge is -2.07. The Morgan fingerprint density at radius 1 is 1.33 bits per heavy atom. The summed E-state index contributed by atoms with van der Waals surface area (Å²) in [4.78, 5) is 0. The Morgan fingerprint density at radius 2 is 2.07 bits per heavy atom. The van der Waals surface area contributed by atoms with E-state index in [9.17, 15) is 0 Å². The van der Waals surface area contributed by atoms with Crippen molar-refractivity contribution in [3.05, 3.63) is 36.4 Å². The average molecular weight is 200 g/mol. The number of nitrogens with zero attached hydrogens (tertiary/aromatic N) is 4. The van der Waals surface area contributed by atoms with Crippen molar-refractivity contribution >= 4 is 0 Å². The summed E-state index contributed by atoms with van der Waals surface area (Å²) in [5.41, 5.74) is 1.18.